The van der Waals surface area contributed by atoms with Crippen molar-refractivity contribution in [2.45, 2.75) is 32.4 Å². The molecule has 1 fully saturated rings. The van der Waals surface area contributed by atoms with Crippen molar-refractivity contribution in [3.8, 4) is 5.75 Å². The van der Waals surface area contributed by atoms with Gasteiger partial charge in [0.1, 0.15) is 18.1 Å². The highest BCUT2D eigenvalue weighted by molar-refractivity contribution is 7.07. The van der Waals surface area contributed by atoms with E-state index < -0.39 is 0 Å². The summed E-state index contributed by atoms with van der Waals surface area (Å²) in [6, 6.07) is 10.7. The minimum Gasteiger partial charge on any atom is -0.487 e. The fourth-order valence-electron chi connectivity index (χ4n) is 3.41. The number of benzene rings is 1. The van der Waals surface area contributed by atoms with Crippen LogP contribution in [0.15, 0.2) is 51.7 Å². The van der Waals surface area contributed by atoms with Crippen LogP contribution in [0.2, 0.25) is 0 Å². The Bertz CT molecular complexity index is 1010. The first-order valence-corrected chi connectivity index (χ1v) is 10.8. The molecule has 2 amide bonds. The molecule has 1 saturated heterocycles. The van der Waals surface area contributed by atoms with Crippen LogP contribution in [-0.2, 0) is 6.61 Å². The summed E-state index contributed by atoms with van der Waals surface area (Å²) in [6.45, 7) is 3.36. The number of amides is 2. The number of piperidine rings is 1. The second-order valence-corrected chi connectivity index (χ2v) is 7.97. The number of rotatable bonds is 6. The summed E-state index contributed by atoms with van der Waals surface area (Å²) in [6.07, 6.45) is 1.41. The van der Waals surface area contributed by atoms with Gasteiger partial charge in [-0.05, 0) is 50.1 Å². The first-order valence-electron chi connectivity index (χ1n) is 9.85. The molecule has 1 aromatic carbocycles. The van der Waals surface area contributed by atoms with Gasteiger partial charge in [-0.15, -0.1) is 11.3 Å². The van der Waals surface area contributed by atoms with E-state index in [9.17, 15) is 9.59 Å². The van der Waals surface area contributed by atoms with Gasteiger partial charge in [-0.3, -0.25) is 9.59 Å². The highest BCUT2D eigenvalue weighted by atomic mass is 32.1. The number of ether oxygens (including phenoxy) is 1. The Kier molecular flexibility index (Phi) is 6.13. The second-order valence-electron chi connectivity index (χ2n) is 7.25. The van der Waals surface area contributed by atoms with Gasteiger partial charge in [-0.1, -0.05) is 6.07 Å². The predicted molar refractivity (Wildman–Crippen MR) is 113 cm³/mol. The molecule has 3 aromatic rings. The molecule has 0 atom stereocenters. The maximum atomic E-state index is 12.9. The maximum Gasteiger partial charge on any atom is 0.287 e. The van der Waals surface area contributed by atoms with Gasteiger partial charge in [-0.25, -0.2) is 4.98 Å². The SMILES string of the molecule is Cc1ccc(C(=O)NC2CCN(C(=O)c3cccc(OCc4cscn4)c3)CC2)o1. The highest BCUT2D eigenvalue weighted by Crippen LogP contribution is 2.19. The normalized spacial score (nSPS) is 14.5. The van der Waals surface area contributed by atoms with Crippen LogP contribution in [0.25, 0.3) is 0 Å². The number of carbonyl (C=O) groups excluding carboxylic acids is 2. The van der Waals surface area contributed by atoms with Crippen molar-refractivity contribution >= 4 is 23.2 Å². The summed E-state index contributed by atoms with van der Waals surface area (Å²) in [7, 11) is 0. The minimum absolute atomic E-state index is 0.0273. The van der Waals surface area contributed by atoms with E-state index in [2.05, 4.69) is 10.3 Å². The van der Waals surface area contributed by atoms with Gasteiger partial charge in [-0.2, -0.15) is 0 Å². The number of nitrogens with one attached hydrogen (secondary N) is 1. The quantitative estimate of drug-likeness (QED) is 0.652. The van der Waals surface area contributed by atoms with E-state index in [4.69, 9.17) is 9.15 Å². The van der Waals surface area contributed by atoms with Crippen LogP contribution in [0.3, 0.4) is 0 Å². The van der Waals surface area contributed by atoms with Gasteiger partial charge in [0.05, 0.1) is 11.2 Å². The van der Waals surface area contributed by atoms with Crippen LogP contribution in [0, 0.1) is 6.92 Å². The van der Waals surface area contributed by atoms with E-state index in [-0.39, 0.29) is 17.9 Å². The van der Waals surface area contributed by atoms with Gasteiger partial charge < -0.3 is 19.4 Å². The number of hydrogen-bond acceptors (Lipinski definition) is 6. The van der Waals surface area contributed by atoms with Crippen molar-refractivity contribution in [2.24, 2.45) is 0 Å². The summed E-state index contributed by atoms with van der Waals surface area (Å²) in [5, 5.41) is 4.93. The molecule has 30 heavy (non-hydrogen) atoms. The Morgan fingerprint density at radius 3 is 2.80 bits per heavy atom. The van der Waals surface area contributed by atoms with Crippen LogP contribution in [0.1, 0.15) is 45.2 Å². The van der Waals surface area contributed by atoms with E-state index in [1.54, 1.807) is 36.7 Å². The molecule has 4 rings (SSSR count). The first-order chi connectivity index (χ1) is 14.6. The molecule has 1 N–H and O–H groups in total. The van der Waals surface area contributed by atoms with Gasteiger partial charge >= 0.3 is 0 Å². The lowest BCUT2D eigenvalue weighted by molar-refractivity contribution is 0.0695. The Morgan fingerprint density at radius 1 is 1.27 bits per heavy atom. The van der Waals surface area contributed by atoms with E-state index >= 15 is 0 Å². The molecule has 2 aromatic heterocycles. The molecule has 1 aliphatic rings. The van der Waals surface area contributed by atoms with Crippen LogP contribution < -0.4 is 10.1 Å². The molecule has 0 unspecified atom stereocenters. The average Bonchev–Trinajstić information content (AvgIpc) is 3.44. The summed E-state index contributed by atoms with van der Waals surface area (Å²) in [4.78, 5) is 31.2. The molecule has 1 aliphatic heterocycles. The molecular formula is C22H23N3O4S. The van der Waals surface area contributed by atoms with Crippen molar-refractivity contribution in [3.63, 3.8) is 0 Å². The van der Waals surface area contributed by atoms with Gasteiger partial charge in [0.25, 0.3) is 11.8 Å². The number of furan rings is 1. The topological polar surface area (TPSA) is 84.7 Å². The molecule has 0 spiro atoms. The van der Waals surface area contributed by atoms with Gasteiger partial charge in [0, 0.05) is 30.1 Å². The van der Waals surface area contributed by atoms with Gasteiger partial charge in [0.2, 0.25) is 0 Å². The first kappa shape index (κ1) is 20.2. The minimum atomic E-state index is -0.210. The van der Waals surface area contributed by atoms with E-state index in [0.29, 0.717) is 55.4 Å². The zero-order valence-electron chi connectivity index (χ0n) is 16.7. The number of aromatic nitrogens is 1. The third-order valence-corrected chi connectivity index (χ3v) is 5.67. The van der Waals surface area contributed by atoms with Crippen LogP contribution >= 0.6 is 11.3 Å². The molecule has 8 heteroatoms. The van der Waals surface area contributed by atoms with Crippen LogP contribution in [0.5, 0.6) is 5.75 Å². The van der Waals surface area contributed by atoms with Crippen molar-refractivity contribution in [1.82, 2.24) is 15.2 Å². The van der Waals surface area contributed by atoms with Crippen molar-refractivity contribution in [1.29, 1.82) is 0 Å². The fourth-order valence-corrected chi connectivity index (χ4v) is 3.95. The average molecular weight is 426 g/mol. The lowest BCUT2D eigenvalue weighted by Crippen LogP contribution is -2.46. The van der Waals surface area contributed by atoms with E-state index in [1.807, 2.05) is 22.4 Å². The fraction of sp³-hybridized carbons (Fsp3) is 0.318. The molecule has 0 saturated carbocycles. The molecule has 0 bridgehead atoms. The molecule has 3 heterocycles. The molecule has 0 aliphatic carbocycles. The lowest BCUT2D eigenvalue weighted by Gasteiger charge is -2.32. The zero-order valence-corrected chi connectivity index (χ0v) is 17.5. The number of aryl methyl sites for hydroxylation is 1. The van der Waals surface area contributed by atoms with Gasteiger partial charge in [0.15, 0.2) is 5.76 Å². The summed E-state index contributed by atoms with van der Waals surface area (Å²) >= 11 is 1.52. The third kappa shape index (κ3) is 4.88. The number of likely N-dealkylation sites (tertiary alicyclic amines) is 1. The monoisotopic (exact) mass is 425 g/mol. The summed E-state index contributed by atoms with van der Waals surface area (Å²) in [5.74, 6) is 1.43. The summed E-state index contributed by atoms with van der Waals surface area (Å²) < 4.78 is 11.1. The standard InChI is InChI=1S/C22H23N3O4S/c1-15-5-6-20(29-15)21(26)24-17-7-9-25(10-8-17)22(27)16-3-2-4-19(11-16)28-12-18-13-30-14-23-18/h2-6,11,13-14,17H,7-10,12H2,1H3,(H,24,26). The molecule has 0 radical (unpaired) electrons. The number of thiazole rings is 1. The molecule has 7 nitrogen and oxygen atoms in total. The largest absolute Gasteiger partial charge is 0.487 e. The highest BCUT2D eigenvalue weighted by Gasteiger charge is 2.25. The Morgan fingerprint density at radius 2 is 2.10 bits per heavy atom. The van der Waals surface area contributed by atoms with Crippen molar-refractivity contribution in [3.05, 3.63) is 70.1 Å². The van der Waals surface area contributed by atoms with Crippen molar-refractivity contribution in [2.75, 3.05) is 13.1 Å². The zero-order chi connectivity index (χ0) is 20.9. The number of hydrogen-bond donors (Lipinski definition) is 1. The van der Waals surface area contributed by atoms with Crippen LogP contribution in [0.4, 0.5) is 0 Å². The lowest BCUT2D eigenvalue weighted by atomic mass is 10.0. The van der Waals surface area contributed by atoms with E-state index in [0.717, 1.165) is 5.69 Å². The third-order valence-electron chi connectivity index (χ3n) is 5.03. The molecular weight excluding hydrogens is 402 g/mol. The van der Waals surface area contributed by atoms with Crippen LogP contribution in [-0.4, -0.2) is 40.8 Å². The second kappa shape index (κ2) is 9.13. The summed E-state index contributed by atoms with van der Waals surface area (Å²) in [5.41, 5.74) is 3.23. The number of carbonyl (C=O) groups is 2. The Balaban J connectivity index is 1.29. The Labute approximate surface area is 178 Å². The number of nitrogens with zero attached hydrogens (tertiary/aromatic N) is 2. The van der Waals surface area contributed by atoms with Crippen molar-refractivity contribution < 1.29 is 18.7 Å². The predicted octanol–water partition coefficient (Wildman–Crippen LogP) is 3.66. The molecule has 156 valence electrons. The Hall–Kier alpha value is -3.13. The van der Waals surface area contributed by atoms with E-state index in [1.165, 1.54) is 11.3 Å². The smallest absolute Gasteiger partial charge is 0.287 e. The maximum absolute atomic E-state index is 12.9.